The van der Waals surface area contributed by atoms with Crippen LogP contribution in [0.5, 0.6) is 0 Å². The van der Waals surface area contributed by atoms with E-state index >= 15 is 0 Å². The maximum absolute atomic E-state index is 13.8. The number of aliphatic hydroxyl groups excluding tert-OH is 1. The molecule has 5 atom stereocenters. The monoisotopic (exact) mass is 655 g/mol. The number of ether oxygens (including phenoxy) is 1. The highest BCUT2D eigenvalue weighted by Crippen LogP contribution is 2.45. The topological polar surface area (TPSA) is 170 Å². The Morgan fingerprint density at radius 2 is 1.63 bits per heavy atom. The summed E-state index contributed by atoms with van der Waals surface area (Å²) < 4.78 is 43.1. The summed E-state index contributed by atoms with van der Waals surface area (Å²) in [6.07, 6.45) is -3.35. The lowest BCUT2D eigenvalue weighted by atomic mass is 10.1. The van der Waals surface area contributed by atoms with Crippen molar-refractivity contribution in [3.8, 4) is 0 Å². The summed E-state index contributed by atoms with van der Waals surface area (Å²) >= 11 is 0. The minimum atomic E-state index is -5.11. The zero-order chi connectivity index (χ0) is 32.7. The third-order valence-corrected chi connectivity index (χ3v) is 7.98. The molecule has 0 saturated carbocycles. The van der Waals surface area contributed by atoms with Gasteiger partial charge in [-0.05, 0) is 23.3 Å². The molecule has 0 spiro atoms. The van der Waals surface area contributed by atoms with E-state index < -0.39 is 61.9 Å². The van der Waals surface area contributed by atoms with Crippen LogP contribution in [0.2, 0.25) is 0 Å². The third kappa shape index (κ3) is 8.43. The average Bonchev–Trinajstić information content (AvgIpc) is 3.42. The Kier molecular flexibility index (Phi) is 10.6. The van der Waals surface area contributed by atoms with Crippen LogP contribution >= 0.6 is 7.82 Å². The SMILES string of the molecule is O=C(OP(=O)(O)OC[C@H]1O[C@@H](n2cc(F)c(=O)[nH]c2=O)C[C@@H]1O)[C@H](Cc1ccccc1)N(OCc1ccccc1)c1ccccc1. The Bertz CT molecular complexity index is 1770. The third-order valence-electron chi connectivity index (χ3n) is 7.10. The Labute approximate surface area is 261 Å². The molecular formula is C31H31FN3O10P. The number of H-pyrrole nitrogens is 1. The molecule has 0 bridgehead atoms. The van der Waals surface area contributed by atoms with E-state index in [1.807, 2.05) is 36.4 Å². The van der Waals surface area contributed by atoms with Crippen LogP contribution in [0.1, 0.15) is 23.8 Å². The van der Waals surface area contributed by atoms with Crippen molar-refractivity contribution in [2.24, 2.45) is 0 Å². The largest absolute Gasteiger partial charge is 0.529 e. The molecule has 4 aromatic rings. The Balaban J connectivity index is 1.31. The van der Waals surface area contributed by atoms with Crippen molar-refractivity contribution in [1.82, 2.24) is 9.55 Å². The quantitative estimate of drug-likeness (QED) is 0.143. The lowest BCUT2D eigenvalue weighted by molar-refractivity contribution is -0.140. The number of nitrogens with one attached hydrogen (secondary N) is 1. The van der Waals surface area contributed by atoms with Crippen molar-refractivity contribution in [3.05, 3.63) is 135 Å². The molecule has 2 heterocycles. The van der Waals surface area contributed by atoms with Crippen LogP contribution in [0.25, 0.3) is 0 Å². The van der Waals surface area contributed by atoms with Gasteiger partial charge in [0.25, 0.3) is 5.56 Å². The molecule has 1 unspecified atom stereocenters. The molecular weight excluding hydrogens is 624 g/mol. The molecule has 242 valence electrons. The summed E-state index contributed by atoms with van der Waals surface area (Å²) in [6.45, 7) is -0.655. The molecule has 0 amide bonds. The fourth-order valence-corrected chi connectivity index (χ4v) is 5.55. The van der Waals surface area contributed by atoms with Crippen LogP contribution in [0, 0.1) is 5.82 Å². The lowest BCUT2D eigenvalue weighted by Crippen LogP contribution is -2.44. The fraction of sp³-hybridized carbons (Fsp3) is 0.258. The number of phosphoric acid groups is 1. The van der Waals surface area contributed by atoms with Gasteiger partial charge in [-0.15, -0.1) is 0 Å². The normalized spacial score (nSPS) is 19.7. The molecule has 15 heteroatoms. The number of anilines is 1. The van der Waals surface area contributed by atoms with Gasteiger partial charge in [0.15, 0.2) is 6.04 Å². The van der Waals surface area contributed by atoms with Gasteiger partial charge in [-0.3, -0.25) is 28.6 Å². The first-order valence-corrected chi connectivity index (χ1v) is 15.7. The number of rotatable bonds is 13. The Morgan fingerprint density at radius 1 is 1.02 bits per heavy atom. The van der Waals surface area contributed by atoms with Crippen molar-refractivity contribution in [1.29, 1.82) is 0 Å². The maximum Gasteiger partial charge on any atom is 0.529 e. The van der Waals surface area contributed by atoms with E-state index in [1.165, 1.54) is 5.06 Å². The zero-order valence-electron chi connectivity index (χ0n) is 24.3. The van der Waals surface area contributed by atoms with E-state index in [0.717, 1.165) is 10.1 Å². The minimum Gasteiger partial charge on any atom is -0.390 e. The van der Waals surface area contributed by atoms with E-state index in [1.54, 1.807) is 59.6 Å². The molecule has 1 saturated heterocycles. The molecule has 3 aromatic carbocycles. The standard InChI is InChI=1S/C31H31FN3O10P/c32-24-18-34(31(39)33-29(24)37)28-17-26(36)27(44-28)20-43-46(40,41)45-30(38)25(16-21-10-4-1-5-11-21)35(23-14-8-3-9-15-23)42-19-22-12-6-2-7-13-22/h1-15,18,25-28,36H,16-17,19-20H2,(H,40,41)(H,33,37,39)/t25-,26-,27+,28+/m0/s1. The van der Waals surface area contributed by atoms with Gasteiger partial charge in [0, 0.05) is 12.8 Å². The summed E-state index contributed by atoms with van der Waals surface area (Å²) in [4.78, 5) is 55.5. The van der Waals surface area contributed by atoms with E-state index in [-0.39, 0.29) is 19.4 Å². The van der Waals surface area contributed by atoms with Crippen LogP contribution in [0.3, 0.4) is 0 Å². The number of hydrogen-bond acceptors (Lipinski definition) is 10. The van der Waals surface area contributed by atoms with E-state index in [9.17, 15) is 33.3 Å². The van der Waals surface area contributed by atoms with Gasteiger partial charge in [0.05, 0.1) is 31.2 Å². The predicted molar refractivity (Wildman–Crippen MR) is 162 cm³/mol. The van der Waals surface area contributed by atoms with Gasteiger partial charge in [-0.25, -0.2) is 19.2 Å². The second kappa shape index (κ2) is 14.8. The number of aromatic nitrogens is 2. The van der Waals surface area contributed by atoms with Gasteiger partial charge in [0.1, 0.15) is 12.3 Å². The molecule has 5 rings (SSSR count). The Morgan fingerprint density at radius 3 is 2.28 bits per heavy atom. The first-order valence-electron chi connectivity index (χ1n) is 14.2. The number of para-hydroxylation sites is 1. The summed E-state index contributed by atoms with van der Waals surface area (Å²) in [5.41, 5.74) is -0.192. The zero-order valence-corrected chi connectivity index (χ0v) is 25.1. The van der Waals surface area contributed by atoms with Crippen molar-refractivity contribution in [2.75, 3.05) is 11.7 Å². The van der Waals surface area contributed by atoms with Crippen molar-refractivity contribution < 1.29 is 42.4 Å². The predicted octanol–water partition coefficient (Wildman–Crippen LogP) is 3.23. The van der Waals surface area contributed by atoms with Gasteiger partial charge >= 0.3 is 19.5 Å². The number of phosphoric ester groups is 1. The van der Waals surface area contributed by atoms with E-state index in [0.29, 0.717) is 17.4 Å². The maximum atomic E-state index is 13.8. The molecule has 3 N–H and O–H groups in total. The number of benzene rings is 3. The van der Waals surface area contributed by atoms with Crippen LogP contribution in [0.4, 0.5) is 10.1 Å². The molecule has 1 aromatic heterocycles. The number of aromatic amines is 1. The first kappa shape index (κ1) is 32.9. The molecule has 0 aliphatic carbocycles. The van der Waals surface area contributed by atoms with Gasteiger partial charge in [-0.1, -0.05) is 78.9 Å². The average molecular weight is 656 g/mol. The lowest BCUT2D eigenvalue weighted by Gasteiger charge is -2.31. The van der Waals surface area contributed by atoms with Crippen LogP contribution in [-0.2, 0) is 41.0 Å². The fourth-order valence-electron chi connectivity index (χ4n) is 4.82. The molecule has 1 aliphatic rings. The summed E-state index contributed by atoms with van der Waals surface area (Å²) in [5.74, 6) is -2.38. The Hall–Kier alpha value is -4.43. The highest BCUT2D eigenvalue weighted by Gasteiger charge is 2.40. The second-order valence-corrected chi connectivity index (χ2v) is 11.8. The number of nitrogens with zero attached hydrogens (tertiary/aromatic N) is 2. The summed E-state index contributed by atoms with van der Waals surface area (Å²) in [6, 6.07) is 25.6. The van der Waals surface area contributed by atoms with Gasteiger partial charge < -0.3 is 14.4 Å². The van der Waals surface area contributed by atoms with Crippen molar-refractivity contribution in [2.45, 2.75) is 43.9 Å². The number of carbonyl (C=O) groups is 1. The molecule has 0 radical (unpaired) electrons. The van der Waals surface area contributed by atoms with E-state index in [2.05, 4.69) is 0 Å². The smallest absolute Gasteiger partial charge is 0.390 e. The number of carbonyl (C=O) groups excluding carboxylic acids is 1. The van der Waals surface area contributed by atoms with Crippen molar-refractivity contribution in [3.63, 3.8) is 0 Å². The van der Waals surface area contributed by atoms with Crippen LogP contribution in [-0.4, -0.2) is 50.4 Å². The summed E-state index contributed by atoms with van der Waals surface area (Å²) in [7, 11) is -5.11. The highest BCUT2D eigenvalue weighted by molar-refractivity contribution is 7.48. The highest BCUT2D eigenvalue weighted by atomic mass is 31.2. The van der Waals surface area contributed by atoms with Crippen molar-refractivity contribution >= 4 is 19.5 Å². The molecule has 1 fully saturated rings. The second-order valence-electron chi connectivity index (χ2n) is 10.4. The number of hydrogen-bond donors (Lipinski definition) is 3. The first-order chi connectivity index (χ1) is 22.1. The number of aliphatic hydroxyl groups is 1. The van der Waals surface area contributed by atoms with E-state index in [4.69, 9.17) is 18.6 Å². The number of halogens is 1. The van der Waals surface area contributed by atoms with Crippen LogP contribution < -0.4 is 16.3 Å². The van der Waals surface area contributed by atoms with Gasteiger partial charge in [0.2, 0.25) is 5.82 Å². The van der Waals surface area contributed by atoms with Crippen LogP contribution in [0.15, 0.2) is 107 Å². The molecule has 1 aliphatic heterocycles. The minimum absolute atomic E-state index is 0.0277. The molecule has 46 heavy (non-hydrogen) atoms. The number of hydroxylamine groups is 1. The molecule has 13 nitrogen and oxygen atoms in total. The van der Waals surface area contributed by atoms with Gasteiger partial charge in [-0.2, -0.15) is 4.39 Å². The summed E-state index contributed by atoms with van der Waals surface area (Å²) in [5, 5.41) is 11.7.